The number of benzene rings is 2. The predicted molar refractivity (Wildman–Crippen MR) is 136 cm³/mol. The molecule has 0 aromatic heterocycles. The summed E-state index contributed by atoms with van der Waals surface area (Å²) in [6.07, 6.45) is 5.70. The van der Waals surface area contributed by atoms with Crippen LogP contribution in [0.3, 0.4) is 0 Å². The summed E-state index contributed by atoms with van der Waals surface area (Å²) in [5.74, 6) is 0.560. The Morgan fingerprint density at radius 3 is 1.94 bits per heavy atom. The SMILES string of the molecule is CC1=[C-]C(C)C(C)=C1C.CCCc1[cH-]c2ccccc2c1-c1ccccc1.C[Si](C)=[Zr+2].[Cl-].[Cl-]. The van der Waals surface area contributed by atoms with E-state index in [2.05, 4.69) is 114 Å². The molecule has 0 N–H and O–H groups in total. The molecule has 4 rings (SSSR count). The first-order chi connectivity index (χ1) is 14.8. The Labute approximate surface area is 229 Å². The Kier molecular flexibility index (Phi) is 15.6. The van der Waals surface area contributed by atoms with Gasteiger partial charge in [0, 0.05) is 0 Å². The Hall–Kier alpha value is -0.790. The monoisotopic (exact) mass is 572 g/mol. The predicted octanol–water partition coefficient (Wildman–Crippen LogP) is 2.69. The van der Waals surface area contributed by atoms with E-state index in [1.807, 2.05) is 0 Å². The molecule has 0 saturated heterocycles. The first kappa shape index (κ1) is 32.2. The van der Waals surface area contributed by atoms with Crippen molar-refractivity contribution in [2.45, 2.75) is 60.6 Å². The van der Waals surface area contributed by atoms with Crippen molar-refractivity contribution in [3.8, 4) is 11.1 Å². The van der Waals surface area contributed by atoms with Crippen LogP contribution in [0.1, 0.15) is 46.6 Å². The smallest absolute Gasteiger partial charge is 1.00 e. The third kappa shape index (κ3) is 9.41. The van der Waals surface area contributed by atoms with Crippen molar-refractivity contribution < 1.29 is 48.1 Å². The van der Waals surface area contributed by atoms with Gasteiger partial charge in [0.15, 0.2) is 0 Å². The van der Waals surface area contributed by atoms with Crippen LogP contribution in [0.4, 0.5) is 0 Å². The maximum absolute atomic E-state index is 3.36. The van der Waals surface area contributed by atoms with Gasteiger partial charge >= 0.3 is 41.9 Å². The molecule has 1 atom stereocenters. The summed E-state index contributed by atoms with van der Waals surface area (Å²) >= 11 is 1.74. The number of hydrogen-bond acceptors (Lipinski definition) is 0. The summed E-state index contributed by atoms with van der Waals surface area (Å²) in [4.78, 5) is 0. The quantitative estimate of drug-likeness (QED) is 0.334. The molecule has 0 nitrogen and oxygen atoms in total. The molecule has 33 heavy (non-hydrogen) atoms. The van der Waals surface area contributed by atoms with Gasteiger partial charge in [-0.3, -0.25) is 6.08 Å². The van der Waals surface area contributed by atoms with E-state index in [-0.39, 0.29) is 30.2 Å². The van der Waals surface area contributed by atoms with Crippen LogP contribution in [-0.4, -0.2) is 5.43 Å². The molecule has 0 heterocycles. The number of fused-ring (bicyclic) bond motifs is 1. The molecule has 0 aliphatic heterocycles. The summed E-state index contributed by atoms with van der Waals surface area (Å²) in [6, 6.07) is 21.8. The van der Waals surface area contributed by atoms with Crippen molar-refractivity contribution in [2.24, 2.45) is 5.92 Å². The molecule has 0 spiro atoms. The summed E-state index contributed by atoms with van der Waals surface area (Å²) < 4.78 is 0. The first-order valence-electron chi connectivity index (χ1n) is 11.3. The van der Waals surface area contributed by atoms with Crippen molar-refractivity contribution in [1.82, 2.24) is 0 Å². The van der Waals surface area contributed by atoms with Crippen molar-refractivity contribution in [2.75, 3.05) is 0 Å². The Bertz CT molecular complexity index is 1070. The average Bonchev–Trinajstić information content (AvgIpc) is 3.21. The van der Waals surface area contributed by atoms with Gasteiger partial charge < -0.3 is 24.8 Å². The molecule has 0 fully saturated rings. The molecule has 0 amide bonds. The van der Waals surface area contributed by atoms with E-state index in [4.69, 9.17) is 0 Å². The van der Waals surface area contributed by atoms with Gasteiger partial charge in [-0.15, -0.1) is 53.1 Å². The van der Waals surface area contributed by atoms with Crippen LogP contribution >= 0.6 is 0 Å². The van der Waals surface area contributed by atoms with Crippen LogP contribution in [0.25, 0.3) is 21.9 Å². The van der Waals surface area contributed by atoms with E-state index < -0.39 is 0 Å². The van der Waals surface area contributed by atoms with Gasteiger partial charge in [-0.1, -0.05) is 82.0 Å². The van der Waals surface area contributed by atoms with Crippen LogP contribution in [-0.2, 0) is 29.8 Å². The molecule has 1 aliphatic rings. The van der Waals surface area contributed by atoms with Gasteiger partial charge in [0.1, 0.15) is 0 Å². The van der Waals surface area contributed by atoms with Gasteiger partial charge in [0.2, 0.25) is 0 Å². The Morgan fingerprint density at radius 2 is 1.48 bits per heavy atom. The van der Waals surface area contributed by atoms with Crippen LogP contribution in [0, 0.1) is 12.0 Å². The van der Waals surface area contributed by atoms with Gasteiger partial charge in [0.05, 0.1) is 0 Å². The third-order valence-electron chi connectivity index (χ3n) is 5.70. The van der Waals surface area contributed by atoms with Gasteiger partial charge in [-0.25, -0.2) is 5.57 Å². The minimum Gasteiger partial charge on any atom is -1.00 e. The fourth-order valence-corrected chi connectivity index (χ4v) is 3.86. The molecule has 3 aromatic rings. The third-order valence-corrected chi connectivity index (χ3v) is 5.70. The molecule has 0 radical (unpaired) electrons. The van der Waals surface area contributed by atoms with E-state index in [1.165, 1.54) is 50.6 Å². The second-order valence-electron chi connectivity index (χ2n) is 8.55. The second kappa shape index (κ2) is 16.0. The second-order valence-corrected chi connectivity index (χ2v) is 17.9. The number of rotatable bonds is 3. The van der Waals surface area contributed by atoms with Gasteiger partial charge in [-0.05, 0) is 6.42 Å². The number of halogens is 2. The van der Waals surface area contributed by atoms with E-state index in [1.54, 1.807) is 23.3 Å². The maximum Gasteiger partial charge on any atom is -1.00 e. The minimum absolute atomic E-state index is 0. The fourth-order valence-electron chi connectivity index (χ4n) is 3.86. The number of allylic oxidation sites excluding steroid dienone is 4. The molecule has 0 bridgehead atoms. The zero-order chi connectivity index (χ0) is 23.0. The summed E-state index contributed by atoms with van der Waals surface area (Å²) in [6.45, 7) is 15.5. The summed E-state index contributed by atoms with van der Waals surface area (Å²) in [5.41, 5.74) is 8.69. The van der Waals surface area contributed by atoms with E-state index in [9.17, 15) is 0 Å². The largest absolute Gasteiger partial charge is 1.00 e. The zero-order valence-corrected chi connectivity index (χ0v) is 26.0. The first-order valence-corrected chi connectivity index (χ1v) is 17.5. The van der Waals surface area contributed by atoms with Crippen molar-refractivity contribution in [3.05, 3.63) is 89.0 Å². The molecule has 1 aliphatic carbocycles. The summed E-state index contributed by atoms with van der Waals surface area (Å²) in [5, 5.41) is 2.74. The van der Waals surface area contributed by atoms with Crippen LogP contribution in [0.15, 0.2) is 77.4 Å². The molecular formula is C29H36Cl2SiZr-2. The van der Waals surface area contributed by atoms with Crippen LogP contribution in [0.5, 0.6) is 0 Å². The minimum atomic E-state index is 0. The van der Waals surface area contributed by atoms with E-state index in [0.29, 0.717) is 5.92 Å². The average molecular weight is 575 g/mol. The number of aryl methyl sites for hydroxylation is 1. The van der Waals surface area contributed by atoms with E-state index >= 15 is 0 Å². The Balaban J connectivity index is 0.000000580. The molecule has 4 heteroatoms. The fraction of sp³-hybridized carbons (Fsp3) is 0.345. The zero-order valence-electron chi connectivity index (χ0n) is 21.0. The normalized spacial score (nSPS) is 14.2. The van der Waals surface area contributed by atoms with Crippen LogP contribution in [0.2, 0.25) is 13.1 Å². The molecule has 3 aromatic carbocycles. The van der Waals surface area contributed by atoms with Crippen molar-refractivity contribution >= 4 is 16.2 Å². The number of hydrogen-bond donors (Lipinski definition) is 0. The topological polar surface area (TPSA) is 0 Å². The molecule has 0 saturated carbocycles. The maximum atomic E-state index is 3.36. The molecular weight excluding hydrogens is 539 g/mol. The molecule has 176 valence electrons. The summed E-state index contributed by atoms with van der Waals surface area (Å²) in [7, 11) is 0. The molecule has 1 unspecified atom stereocenters. The van der Waals surface area contributed by atoms with Crippen molar-refractivity contribution in [1.29, 1.82) is 0 Å². The van der Waals surface area contributed by atoms with Gasteiger partial charge in [0.25, 0.3) is 0 Å². The van der Waals surface area contributed by atoms with E-state index in [0.717, 1.165) is 6.42 Å². The van der Waals surface area contributed by atoms with Crippen molar-refractivity contribution in [3.63, 3.8) is 0 Å². The Morgan fingerprint density at radius 1 is 0.939 bits per heavy atom. The van der Waals surface area contributed by atoms with Gasteiger partial charge in [-0.2, -0.15) is 11.1 Å². The van der Waals surface area contributed by atoms with Crippen LogP contribution < -0.4 is 24.8 Å². The standard InChI is InChI=1S/C18H17.C9H13.C2H6Si.2ClH.Zr/c1-2-8-16-13-15-11-6-7-12-17(15)18(16)14-9-4-3-5-10-14;1-6-5-7(2)9(4)8(6)3;1-3-2;;;/h3-7,9-13H,2,8H2,1H3;6H,1-4H3;1-2H3;2*1H;/q2*-1;;;;+2/p-2.